The van der Waals surface area contributed by atoms with Crippen LogP contribution in [0.25, 0.3) is 10.9 Å². The van der Waals surface area contributed by atoms with Gasteiger partial charge < -0.3 is 9.72 Å². The number of para-hydroxylation sites is 1. The Bertz CT molecular complexity index is 516. The number of halogens is 2. The molecule has 0 aliphatic rings. The number of carbonyl (C=O) groups is 1. The van der Waals surface area contributed by atoms with Crippen molar-refractivity contribution in [3.05, 3.63) is 30.3 Å². The topological polar surface area (TPSA) is 42.1 Å². The molecule has 0 saturated carbocycles. The quantitative estimate of drug-likeness (QED) is 0.673. The lowest BCUT2D eigenvalue weighted by Gasteiger charge is -2.14. The molecule has 1 aromatic heterocycles. The molecule has 0 radical (unpaired) electrons. The van der Waals surface area contributed by atoms with E-state index in [9.17, 15) is 13.6 Å². The number of rotatable bonds is 3. The maximum absolute atomic E-state index is 12.0. The molecule has 20 heavy (non-hydrogen) atoms. The Morgan fingerprint density at radius 3 is 2.40 bits per heavy atom. The van der Waals surface area contributed by atoms with Gasteiger partial charge in [-0.25, -0.2) is 0 Å². The molecule has 2 rings (SSSR count). The van der Waals surface area contributed by atoms with Crippen molar-refractivity contribution in [2.24, 2.45) is 0 Å². The largest absolute Gasteiger partial charge is 0.462 e. The lowest BCUT2D eigenvalue weighted by atomic mass is 10.2. The van der Waals surface area contributed by atoms with Crippen LogP contribution in [0.3, 0.4) is 0 Å². The summed E-state index contributed by atoms with van der Waals surface area (Å²) in [6, 6.07) is 9.24. The monoisotopic (exact) mass is 301 g/mol. The van der Waals surface area contributed by atoms with Gasteiger partial charge in [0.15, 0.2) is 0 Å². The molecular formula is C14H17F2NO2S. The summed E-state index contributed by atoms with van der Waals surface area (Å²) in [5, 5.41) is 1.47. The number of thioether (sulfide) groups is 1. The molecule has 1 heterocycles. The predicted octanol–water partition coefficient (Wildman–Crippen LogP) is 4.44. The van der Waals surface area contributed by atoms with Crippen molar-refractivity contribution in [2.75, 3.05) is 0 Å². The van der Waals surface area contributed by atoms with Gasteiger partial charge in [0.05, 0.1) is 5.03 Å². The van der Waals surface area contributed by atoms with E-state index in [0.29, 0.717) is 23.3 Å². The van der Waals surface area contributed by atoms with Crippen molar-refractivity contribution in [1.82, 2.24) is 4.98 Å². The van der Waals surface area contributed by atoms with E-state index in [1.165, 1.54) is 0 Å². The Labute approximate surface area is 120 Å². The van der Waals surface area contributed by atoms with Crippen LogP contribution < -0.4 is 0 Å². The highest BCUT2D eigenvalue weighted by molar-refractivity contribution is 7.99. The van der Waals surface area contributed by atoms with Crippen LogP contribution in [0.1, 0.15) is 20.8 Å². The van der Waals surface area contributed by atoms with Crippen molar-refractivity contribution < 1.29 is 18.3 Å². The van der Waals surface area contributed by atoms with Crippen LogP contribution in [0.15, 0.2) is 35.4 Å². The van der Waals surface area contributed by atoms with Crippen LogP contribution in [0, 0.1) is 0 Å². The molecule has 2 aromatic rings. The lowest BCUT2D eigenvalue weighted by molar-refractivity contribution is -0.138. The van der Waals surface area contributed by atoms with Gasteiger partial charge in [-0.3, -0.25) is 4.79 Å². The van der Waals surface area contributed by atoms with Gasteiger partial charge in [-0.15, -0.1) is 0 Å². The second-order valence-corrected chi connectivity index (χ2v) is 5.96. The molecular weight excluding hydrogens is 284 g/mol. The van der Waals surface area contributed by atoms with E-state index in [0.717, 1.165) is 10.9 Å². The average Bonchev–Trinajstić information content (AvgIpc) is 2.68. The van der Waals surface area contributed by atoms with Crippen LogP contribution in [0.4, 0.5) is 8.78 Å². The molecule has 0 fully saturated rings. The molecule has 0 amide bonds. The Morgan fingerprint density at radius 2 is 1.95 bits per heavy atom. The molecule has 0 spiro atoms. The Hall–Kier alpha value is -1.56. The third kappa shape index (κ3) is 6.06. The number of alkyl halides is 2. The zero-order valence-corrected chi connectivity index (χ0v) is 12.3. The summed E-state index contributed by atoms with van der Waals surface area (Å²) in [6.07, 6.45) is 0. The molecule has 0 aliphatic carbocycles. The van der Waals surface area contributed by atoms with E-state index in [1.54, 1.807) is 6.07 Å². The van der Waals surface area contributed by atoms with Gasteiger partial charge >= 0.3 is 0 Å². The van der Waals surface area contributed by atoms with Crippen LogP contribution in [0.2, 0.25) is 0 Å². The van der Waals surface area contributed by atoms with Crippen LogP contribution in [0.5, 0.6) is 0 Å². The van der Waals surface area contributed by atoms with Crippen LogP contribution in [-0.4, -0.2) is 22.8 Å². The molecule has 1 aromatic carbocycles. The smallest absolute Gasteiger partial charge is 0.293 e. The zero-order chi connectivity index (χ0) is 15.2. The van der Waals surface area contributed by atoms with Gasteiger partial charge in [-0.05, 0) is 44.7 Å². The molecule has 0 atom stereocenters. The number of hydrogen-bond acceptors (Lipinski definition) is 3. The van der Waals surface area contributed by atoms with E-state index < -0.39 is 5.76 Å². The number of aromatic nitrogens is 1. The number of nitrogens with one attached hydrogen (secondary N) is 1. The zero-order valence-electron chi connectivity index (χ0n) is 11.5. The Morgan fingerprint density at radius 1 is 1.30 bits per heavy atom. The summed E-state index contributed by atoms with van der Waals surface area (Å²) in [6.45, 7) is 5.92. The van der Waals surface area contributed by atoms with E-state index in [2.05, 4.69) is 9.72 Å². The predicted molar refractivity (Wildman–Crippen MR) is 77.1 cm³/mol. The molecule has 6 heteroatoms. The van der Waals surface area contributed by atoms with Crippen molar-refractivity contribution in [3.8, 4) is 0 Å². The first kappa shape index (κ1) is 16.5. The normalized spacial score (nSPS) is 11.1. The molecule has 0 bridgehead atoms. The maximum atomic E-state index is 12.0. The summed E-state index contributed by atoms with van der Waals surface area (Å²) >= 11 is 0.535. The number of fused-ring (bicyclic) bond motifs is 1. The van der Waals surface area contributed by atoms with Crippen molar-refractivity contribution >= 4 is 29.1 Å². The molecule has 110 valence electrons. The first-order chi connectivity index (χ1) is 9.31. The van der Waals surface area contributed by atoms with Gasteiger partial charge in [-0.2, -0.15) is 8.78 Å². The first-order valence-corrected chi connectivity index (χ1v) is 6.84. The standard InChI is InChI=1S/C9H7F2NS.C5H10O2/c10-9(11)13-8-5-6-3-1-2-4-7(6)12-8;1-5(2,3)7-4-6/h1-5,9,12H;4H,1-3H3. The van der Waals surface area contributed by atoms with E-state index in [1.807, 2.05) is 45.0 Å². The molecule has 0 aliphatic heterocycles. The minimum atomic E-state index is -2.37. The minimum Gasteiger partial charge on any atom is -0.462 e. The highest BCUT2D eigenvalue weighted by atomic mass is 32.2. The second kappa shape index (κ2) is 7.28. The van der Waals surface area contributed by atoms with Crippen molar-refractivity contribution in [3.63, 3.8) is 0 Å². The fraction of sp³-hybridized carbons (Fsp3) is 0.357. The number of carbonyl (C=O) groups excluding carboxylic acids is 1. The SMILES string of the molecule is CC(C)(C)OC=O.FC(F)Sc1cc2ccccc2[nH]1. The highest BCUT2D eigenvalue weighted by Gasteiger charge is 2.08. The van der Waals surface area contributed by atoms with E-state index >= 15 is 0 Å². The molecule has 1 N–H and O–H groups in total. The molecule has 0 saturated heterocycles. The molecule has 0 unspecified atom stereocenters. The third-order valence-electron chi connectivity index (χ3n) is 2.12. The minimum absolute atomic E-state index is 0.318. The summed E-state index contributed by atoms with van der Waals surface area (Å²) in [7, 11) is 0. The van der Waals surface area contributed by atoms with Crippen molar-refractivity contribution in [2.45, 2.75) is 37.2 Å². The van der Waals surface area contributed by atoms with Gasteiger partial charge in [0, 0.05) is 10.9 Å². The van der Waals surface area contributed by atoms with Crippen molar-refractivity contribution in [1.29, 1.82) is 0 Å². The lowest BCUT2D eigenvalue weighted by Crippen LogP contribution is -2.17. The number of benzene rings is 1. The fourth-order valence-electron chi connectivity index (χ4n) is 1.35. The summed E-state index contributed by atoms with van der Waals surface area (Å²) in [5.41, 5.74) is 0.576. The third-order valence-corrected chi connectivity index (χ3v) is 2.77. The fourth-order valence-corrected chi connectivity index (χ4v) is 1.91. The van der Waals surface area contributed by atoms with Gasteiger partial charge in [0.25, 0.3) is 12.2 Å². The van der Waals surface area contributed by atoms with Crippen LogP contribution in [-0.2, 0) is 9.53 Å². The summed E-state index contributed by atoms with van der Waals surface area (Å²) < 4.78 is 28.5. The molecule has 3 nitrogen and oxygen atoms in total. The Balaban J connectivity index is 0.000000246. The second-order valence-electron chi connectivity index (χ2n) is 4.93. The van der Waals surface area contributed by atoms with Gasteiger partial charge in [-0.1, -0.05) is 18.2 Å². The summed E-state index contributed by atoms with van der Waals surface area (Å²) in [4.78, 5) is 12.5. The number of ether oxygens (including phenoxy) is 1. The first-order valence-electron chi connectivity index (χ1n) is 5.96. The number of aromatic amines is 1. The average molecular weight is 301 g/mol. The van der Waals surface area contributed by atoms with E-state index in [-0.39, 0.29) is 5.60 Å². The van der Waals surface area contributed by atoms with Gasteiger partial charge in [0.2, 0.25) is 0 Å². The van der Waals surface area contributed by atoms with E-state index in [4.69, 9.17) is 0 Å². The number of H-pyrrole nitrogens is 1. The highest BCUT2D eigenvalue weighted by Crippen LogP contribution is 2.27. The Kier molecular flexibility index (Phi) is 6.01. The van der Waals surface area contributed by atoms with Crippen LogP contribution >= 0.6 is 11.8 Å². The van der Waals surface area contributed by atoms with Gasteiger partial charge in [0.1, 0.15) is 5.60 Å². The number of hydrogen-bond donors (Lipinski definition) is 1. The summed E-state index contributed by atoms with van der Waals surface area (Å²) in [5.74, 6) is -2.37. The maximum Gasteiger partial charge on any atom is 0.293 e.